The molecule has 0 aromatic heterocycles. The third-order valence-corrected chi connectivity index (χ3v) is 1.89. The van der Waals surface area contributed by atoms with Crippen molar-refractivity contribution in [2.75, 3.05) is 7.11 Å². The van der Waals surface area contributed by atoms with Gasteiger partial charge in [0.1, 0.15) is 11.3 Å². The summed E-state index contributed by atoms with van der Waals surface area (Å²) in [5.74, 6) is -0.254. The summed E-state index contributed by atoms with van der Waals surface area (Å²) in [6, 6.07) is 5.62. The van der Waals surface area contributed by atoms with Gasteiger partial charge in [-0.25, -0.2) is 0 Å². The van der Waals surface area contributed by atoms with Gasteiger partial charge in [0, 0.05) is 0 Å². The quantitative estimate of drug-likeness (QED) is 0.759. The van der Waals surface area contributed by atoms with Crippen LogP contribution in [0.5, 0.6) is 5.75 Å². The predicted molar refractivity (Wildman–Crippen MR) is 47.3 cm³/mol. The molecule has 2 nitrogen and oxygen atoms in total. The molecule has 0 heterocycles. The second-order valence-corrected chi connectivity index (χ2v) is 2.83. The molecule has 0 spiro atoms. The Morgan fingerprint density at radius 1 is 1.40 bits per heavy atom. The Balaban J connectivity index is 3.35. The molecule has 0 unspecified atom stereocenters. The van der Waals surface area contributed by atoms with Crippen molar-refractivity contribution in [3.8, 4) is 11.8 Å². The molecule has 0 saturated heterocycles. The van der Waals surface area contributed by atoms with Gasteiger partial charge < -0.3 is 4.74 Å². The lowest BCUT2D eigenvalue weighted by molar-refractivity contribution is -0.139. The fraction of sp³-hybridized carbons (Fsp3) is 0.300. The standard InChI is InChI=1S/C10H8F3NO/c1-15-8-4-2-3-7(5-6-14)9(8)10(11,12)13/h2-4H,5H2,1H3. The third kappa shape index (κ3) is 2.40. The summed E-state index contributed by atoms with van der Waals surface area (Å²) in [6.07, 6.45) is -4.79. The highest BCUT2D eigenvalue weighted by molar-refractivity contribution is 5.43. The van der Waals surface area contributed by atoms with E-state index in [9.17, 15) is 13.2 Å². The lowest BCUT2D eigenvalue weighted by atomic mass is 10.0. The Morgan fingerprint density at radius 2 is 2.07 bits per heavy atom. The summed E-state index contributed by atoms with van der Waals surface area (Å²) >= 11 is 0. The fourth-order valence-electron chi connectivity index (χ4n) is 1.30. The Kier molecular flexibility index (Phi) is 3.20. The Morgan fingerprint density at radius 3 is 2.53 bits per heavy atom. The van der Waals surface area contributed by atoms with Crippen molar-refractivity contribution in [2.24, 2.45) is 0 Å². The minimum absolute atomic E-state index is 0.0654. The second kappa shape index (κ2) is 4.22. The normalized spacial score (nSPS) is 10.9. The second-order valence-electron chi connectivity index (χ2n) is 2.83. The van der Waals surface area contributed by atoms with Crippen molar-refractivity contribution in [2.45, 2.75) is 12.6 Å². The van der Waals surface area contributed by atoms with Gasteiger partial charge in [-0.1, -0.05) is 12.1 Å². The molecule has 0 aliphatic heterocycles. The molecule has 0 radical (unpaired) electrons. The van der Waals surface area contributed by atoms with Crippen molar-refractivity contribution in [1.82, 2.24) is 0 Å². The predicted octanol–water partition coefficient (Wildman–Crippen LogP) is 2.78. The number of alkyl halides is 3. The number of ether oxygens (including phenoxy) is 1. The van der Waals surface area contributed by atoms with Gasteiger partial charge in [0.15, 0.2) is 0 Å². The van der Waals surface area contributed by atoms with Gasteiger partial charge >= 0.3 is 6.18 Å². The van der Waals surface area contributed by atoms with Crippen LogP contribution in [-0.2, 0) is 12.6 Å². The number of hydrogen-bond acceptors (Lipinski definition) is 2. The summed E-state index contributed by atoms with van der Waals surface area (Å²) in [5.41, 5.74) is -0.932. The van der Waals surface area contributed by atoms with Gasteiger partial charge in [0.2, 0.25) is 0 Å². The molecule has 0 fully saturated rings. The number of nitriles is 1. The molecule has 0 amide bonds. The first-order valence-corrected chi connectivity index (χ1v) is 4.10. The molecular formula is C10H8F3NO. The molecule has 15 heavy (non-hydrogen) atoms. The Bertz CT molecular complexity index is 393. The summed E-state index contributed by atoms with van der Waals surface area (Å²) in [4.78, 5) is 0. The van der Waals surface area contributed by atoms with Crippen LogP contribution in [-0.4, -0.2) is 7.11 Å². The summed E-state index contributed by atoms with van der Waals surface area (Å²) < 4.78 is 42.5. The Labute approximate surface area is 84.9 Å². The van der Waals surface area contributed by atoms with Crippen LogP contribution in [0.3, 0.4) is 0 Å². The number of hydrogen-bond donors (Lipinski definition) is 0. The molecule has 0 aliphatic carbocycles. The van der Waals surface area contributed by atoms with Gasteiger partial charge in [0.05, 0.1) is 19.6 Å². The Hall–Kier alpha value is -1.70. The van der Waals surface area contributed by atoms with Gasteiger partial charge in [-0.2, -0.15) is 18.4 Å². The lowest BCUT2D eigenvalue weighted by Gasteiger charge is -2.14. The van der Waals surface area contributed by atoms with Crippen LogP contribution < -0.4 is 4.74 Å². The van der Waals surface area contributed by atoms with Gasteiger partial charge in [-0.05, 0) is 11.6 Å². The van der Waals surface area contributed by atoms with Crippen LogP contribution in [0.15, 0.2) is 18.2 Å². The molecule has 5 heteroatoms. The number of rotatable bonds is 2. The van der Waals surface area contributed by atoms with Crippen LogP contribution in [0.25, 0.3) is 0 Å². The van der Waals surface area contributed by atoms with E-state index in [1.807, 2.05) is 0 Å². The molecule has 0 N–H and O–H groups in total. The van der Waals surface area contributed by atoms with Crippen molar-refractivity contribution in [3.63, 3.8) is 0 Å². The first-order valence-electron chi connectivity index (χ1n) is 4.10. The highest BCUT2D eigenvalue weighted by Crippen LogP contribution is 2.38. The lowest BCUT2D eigenvalue weighted by Crippen LogP contribution is -2.11. The molecule has 0 saturated carbocycles. The molecule has 0 aliphatic rings. The van der Waals surface area contributed by atoms with Crippen molar-refractivity contribution >= 4 is 0 Å². The molecule has 1 aromatic carbocycles. The van der Waals surface area contributed by atoms with E-state index in [4.69, 9.17) is 5.26 Å². The topological polar surface area (TPSA) is 33.0 Å². The highest BCUT2D eigenvalue weighted by atomic mass is 19.4. The zero-order valence-corrected chi connectivity index (χ0v) is 7.93. The van der Waals surface area contributed by atoms with E-state index < -0.39 is 11.7 Å². The van der Waals surface area contributed by atoms with E-state index in [1.165, 1.54) is 25.3 Å². The maximum absolute atomic E-state index is 12.6. The van der Waals surface area contributed by atoms with E-state index in [-0.39, 0.29) is 17.7 Å². The molecule has 0 bridgehead atoms. The average molecular weight is 215 g/mol. The van der Waals surface area contributed by atoms with Crippen molar-refractivity contribution < 1.29 is 17.9 Å². The number of benzene rings is 1. The van der Waals surface area contributed by atoms with Gasteiger partial charge in [-0.3, -0.25) is 0 Å². The zero-order valence-electron chi connectivity index (χ0n) is 7.93. The zero-order chi connectivity index (χ0) is 11.5. The fourth-order valence-corrected chi connectivity index (χ4v) is 1.30. The van der Waals surface area contributed by atoms with E-state index in [0.717, 1.165) is 0 Å². The first-order chi connectivity index (χ1) is 7.00. The van der Waals surface area contributed by atoms with Gasteiger partial charge in [-0.15, -0.1) is 0 Å². The summed E-state index contributed by atoms with van der Waals surface area (Å²) in [7, 11) is 1.17. The van der Waals surface area contributed by atoms with E-state index >= 15 is 0 Å². The number of nitrogens with zero attached hydrogens (tertiary/aromatic N) is 1. The SMILES string of the molecule is COc1cccc(CC#N)c1C(F)(F)F. The van der Waals surface area contributed by atoms with Crippen molar-refractivity contribution in [1.29, 1.82) is 5.26 Å². The third-order valence-electron chi connectivity index (χ3n) is 1.89. The van der Waals surface area contributed by atoms with E-state index in [1.54, 1.807) is 6.07 Å². The first kappa shape index (κ1) is 11.4. The minimum atomic E-state index is -4.50. The average Bonchev–Trinajstić information content (AvgIpc) is 2.16. The summed E-state index contributed by atoms with van der Waals surface area (Å²) in [5, 5.41) is 8.42. The maximum Gasteiger partial charge on any atom is 0.420 e. The largest absolute Gasteiger partial charge is 0.496 e. The summed E-state index contributed by atoms with van der Waals surface area (Å²) in [6.45, 7) is 0. The molecule has 1 aromatic rings. The van der Waals surface area contributed by atoms with Crippen LogP contribution in [0.4, 0.5) is 13.2 Å². The molecule has 1 rings (SSSR count). The number of methoxy groups -OCH3 is 1. The molecule has 80 valence electrons. The highest BCUT2D eigenvalue weighted by Gasteiger charge is 2.36. The van der Waals surface area contributed by atoms with Crippen LogP contribution in [0.2, 0.25) is 0 Å². The van der Waals surface area contributed by atoms with Crippen molar-refractivity contribution in [3.05, 3.63) is 29.3 Å². The van der Waals surface area contributed by atoms with Gasteiger partial charge in [0.25, 0.3) is 0 Å². The van der Waals surface area contributed by atoms with Crippen LogP contribution in [0.1, 0.15) is 11.1 Å². The molecular weight excluding hydrogens is 207 g/mol. The number of halogens is 3. The minimum Gasteiger partial charge on any atom is -0.496 e. The monoisotopic (exact) mass is 215 g/mol. The van der Waals surface area contributed by atoms with E-state index in [0.29, 0.717) is 0 Å². The van der Waals surface area contributed by atoms with Crippen LogP contribution >= 0.6 is 0 Å². The van der Waals surface area contributed by atoms with E-state index in [2.05, 4.69) is 4.74 Å². The van der Waals surface area contributed by atoms with Crippen LogP contribution in [0, 0.1) is 11.3 Å². The molecule has 0 atom stereocenters. The maximum atomic E-state index is 12.6. The smallest absolute Gasteiger partial charge is 0.420 e.